The van der Waals surface area contributed by atoms with Crippen LogP contribution >= 0.6 is 0 Å². The van der Waals surface area contributed by atoms with Crippen LogP contribution in [0.1, 0.15) is 51.8 Å². The monoisotopic (exact) mass is 359 g/mol. The molecule has 1 aliphatic rings. The lowest BCUT2D eigenvalue weighted by atomic mass is 9.97. The summed E-state index contributed by atoms with van der Waals surface area (Å²) in [5, 5.41) is 0.936. The van der Waals surface area contributed by atoms with E-state index in [-0.39, 0.29) is 11.9 Å². The molecule has 4 heteroatoms. The molecule has 0 radical (unpaired) electrons. The average molecular weight is 359 g/mol. The van der Waals surface area contributed by atoms with E-state index < -0.39 is 0 Å². The molecular formula is C23H25N3O. The zero-order chi connectivity index (χ0) is 19.1. The summed E-state index contributed by atoms with van der Waals surface area (Å²) in [6.45, 7) is 6.02. The molecule has 1 aliphatic carbocycles. The van der Waals surface area contributed by atoms with Crippen LogP contribution in [-0.2, 0) is 0 Å². The summed E-state index contributed by atoms with van der Waals surface area (Å²) in [5.74, 6) is 0.543. The summed E-state index contributed by atoms with van der Waals surface area (Å²) in [6.07, 6.45) is 4.10. The van der Waals surface area contributed by atoms with Gasteiger partial charge in [-0.3, -0.25) is 14.8 Å². The number of hydrogen-bond donors (Lipinski definition) is 0. The number of fused-ring (bicyclic) bond motifs is 1. The van der Waals surface area contributed by atoms with Gasteiger partial charge in [0.25, 0.3) is 5.91 Å². The van der Waals surface area contributed by atoms with Gasteiger partial charge in [0.2, 0.25) is 0 Å². The van der Waals surface area contributed by atoms with E-state index in [1.807, 2.05) is 69.2 Å². The largest absolute Gasteiger partial charge is 0.333 e. The lowest BCUT2D eigenvalue weighted by molar-refractivity contribution is 0.0708. The van der Waals surface area contributed by atoms with Gasteiger partial charge in [-0.05, 0) is 69.4 Å². The van der Waals surface area contributed by atoms with Crippen LogP contribution in [0, 0.1) is 26.7 Å². The fraction of sp³-hybridized carbons (Fsp3) is 0.348. The second-order valence-corrected chi connectivity index (χ2v) is 7.67. The molecule has 138 valence electrons. The minimum Gasteiger partial charge on any atom is -0.333 e. The van der Waals surface area contributed by atoms with Crippen molar-refractivity contribution in [2.75, 3.05) is 7.05 Å². The number of hydrogen-bond acceptors (Lipinski definition) is 3. The van der Waals surface area contributed by atoms with Gasteiger partial charge < -0.3 is 4.90 Å². The molecule has 27 heavy (non-hydrogen) atoms. The van der Waals surface area contributed by atoms with Crippen LogP contribution in [0.3, 0.4) is 0 Å². The third-order valence-corrected chi connectivity index (χ3v) is 5.64. The van der Waals surface area contributed by atoms with Crippen LogP contribution in [0.5, 0.6) is 0 Å². The minimum absolute atomic E-state index is 0.0198. The molecule has 0 spiro atoms. The van der Waals surface area contributed by atoms with Crippen LogP contribution in [0.2, 0.25) is 0 Å². The van der Waals surface area contributed by atoms with Gasteiger partial charge in [-0.2, -0.15) is 0 Å². The SMILES string of the molecule is Cc1ccc2nc(C)c(C)c(C(=O)N(C)C(c3ccccn3)C3CC3)c2c1. The van der Waals surface area contributed by atoms with Crippen molar-refractivity contribution in [2.45, 2.75) is 39.7 Å². The summed E-state index contributed by atoms with van der Waals surface area (Å²) in [6, 6.07) is 12.1. The fourth-order valence-electron chi connectivity index (χ4n) is 3.89. The maximum Gasteiger partial charge on any atom is 0.255 e. The van der Waals surface area contributed by atoms with Crippen LogP contribution in [0.4, 0.5) is 0 Å². The number of carbonyl (C=O) groups excluding carboxylic acids is 1. The molecule has 1 saturated carbocycles. The molecule has 0 N–H and O–H groups in total. The molecule has 4 nitrogen and oxygen atoms in total. The van der Waals surface area contributed by atoms with Crippen LogP contribution < -0.4 is 0 Å². The standard InChI is InChI=1S/C23H25N3O/c1-14-8-11-19-18(13-14)21(15(2)16(3)25-19)23(27)26(4)22(17-9-10-17)20-7-5-6-12-24-20/h5-8,11-13,17,22H,9-10H2,1-4H3. The van der Waals surface area contributed by atoms with Crippen molar-refractivity contribution in [3.63, 3.8) is 0 Å². The molecule has 1 fully saturated rings. The van der Waals surface area contributed by atoms with Gasteiger partial charge in [-0.25, -0.2) is 0 Å². The Hall–Kier alpha value is -2.75. The number of carbonyl (C=O) groups is 1. The zero-order valence-electron chi connectivity index (χ0n) is 16.4. The molecule has 1 aromatic carbocycles. The van der Waals surface area contributed by atoms with E-state index in [0.29, 0.717) is 5.92 Å². The number of aryl methyl sites for hydroxylation is 2. The Bertz CT molecular complexity index is 1010. The van der Waals surface area contributed by atoms with Crippen LogP contribution in [0.25, 0.3) is 10.9 Å². The second-order valence-electron chi connectivity index (χ2n) is 7.67. The highest BCUT2D eigenvalue weighted by molar-refractivity contribution is 6.07. The molecule has 2 heterocycles. The second kappa shape index (κ2) is 6.76. The zero-order valence-corrected chi connectivity index (χ0v) is 16.4. The summed E-state index contributed by atoms with van der Waals surface area (Å²) in [7, 11) is 1.91. The number of aromatic nitrogens is 2. The van der Waals surface area contributed by atoms with E-state index in [1.54, 1.807) is 0 Å². The van der Waals surface area contributed by atoms with Crippen LogP contribution in [0.15, 0.2) is 42.6 Å². The lowest BCUT2D eigenvalue weighted by Crippen LogP contribution is -2.33. The molecular weight excluding hydrogens is 334 g/mol. The number of benzene rings is 1. The van der Waals surface area contributed by atoms with E-state index in [0.717, 1.165) is 51.8 Å². The highest BCUT2D eigenvalue weighted by Gasteiger charge is 2.38. The molecule has 1 amide bonds. The van der Waals surface area contributed by atoms with Gasteiger partial charge in [0.05, 0.1) is 22.8 Å². The highest BCUT2D eigenvalue weighted by Crippen LogP contribution is 2.44. The van der Waals surface area contributed by atoms with Crippen molar-refractivity contribution in [3.05, 3.63) is 70.7 Å². The Balaban J connectivity index is 1.82. The molecule has 4 rings (SSSR count). The Morgan fingerprint density at radius 2 is 1.93 bits per heavy atom. The summed E-state index contributed by atoms with van der Waals surface area (Å²) in [5.41, 5.74) is 5.61. The fourth-order valence-corrected chi connectivity index (χ4v) is 3.89. The van der Waals surface area contributed by atoms with Crippen molar-refractivity contribution < 1.29 is 4.79 Å². The first-order valence-corrected chi connectivity index (χ1v) is 9.53. The van der Waals surface area contributed by atoms with Gasteiger partial charge >= 0.3 is 0 Å². The quantitative estimate of drug-likeness (QED) is 0.673. The minimum atomic E-state index is 0.0198. The van der Waals surface area contributed by atoms with Crippen molar-refractivity contribution in [2.24, 2.45) is 5.92 Å². The summed E-state index contributed by atoms with van der Waals surface area (Å²) >= 11 is 0. The molecule has 3 aromatic rings. The molecule has 1 unspecified atom stereocenters. The highest BCUT2D eigenvalue weighted by atomic mass is 16.2. The summed E-state index contributed by atoms with van der Waals surface area (Å²) < 4.78 is 0. The van der Waals surface area contributed by atoms with E-state index in [1.165, 1.54) is 0 Å². The molecule has 1 atom stereocenters. The first kappa shape index (κ1) is 17.7. The Morgan fingerprint density at radius 1 is 1.15 bits per heavy atom. The number of pyridine rings is 2. The van der Waals surface area contributed by atoms with Gasteiger partial charge in [0.15, 0.2) is 0 Å². The Kier molecular flexibility index (Phi) is 4.42. The van der Waals surface area contributed by atoms with Crippen LogP contribution in [-0.4, -0.2) is 27.8 Å². The Labute approximate surface area is 160 Å². The van der Waals surface area contributed by atoms with E-state index >= 15 is 0 Å². The van der Waals surface area contributed by atoms with E-state index in [9.17, 15) is 4.79 Å². The maximum absolute atomic E-state index is 13.7. The molecule has 0 aliphatic heterocycles. The van der Waals surface area contributed by atoms with Crippen molar-refractivity contribution >= 4 is 16.8 Å². The van der Waals surface area contributed by atoms with Crippen molar-refractivity contribution in [1.82, 2.24) is 14.9 Å². The average Bonchev–Trinajstić information content (AvgIpc) is 3.49. The van der Waals surface area contributed by atoms with Crippen molar-refractivity contribution in [1.29, 1.82) is 0 Å². The van der Waals surface area contributed by atoms with Gasteiger partial charge in [0.1, 0.15) is 0 Å². The van der Waals surface area contributed by atoms with Crippen molar-refractivity contribution in [3.8, 4) is 0 Å². The maximum atomic E-state index is 13.7. The van der Waals surface area contributed by atoms with Gasteiger partial charge in [-0.15, -0.1) is 0 Å². The first-order valence-electron chi connectivity index (χ1n) is 9.53. The van der Waals surface area contributed by atoms with E-state index in [4.69, 9.17) is 0 Å². The number of nitrogens with zero attached hydrogens (tertiary/aromatic N) is 3. The predicted molar refractivity (Wildman–Crippen MR) is 108 cm³/mol. The number of amides is 1. The topological polar surface area (TPSA) is 46.1 Å². The van der Waals surface area contributed by atoms with Gasteiger partial charge in [0, 0.05) is 24.3 Å². The molecule has 0 bridgehead atoms. The third kappa shape index (κ3) is 3.20. The number of rotatable bonds is 4. The van der Waals surface area contributed by atoms with Gasteiger partial charge in [-0.1, -0.05) is 17.7 Å². The normalized spacial score (nSPS) is 15.0. The van der Waals surface area contributed by atoms with E-state index in [2.05, 4.69) is 16.0 Å². The lowest BCUT2D eigenvalue weighted by Gasteiger charge is -2.29. The third-order valence-electron chi connectivity index (χ3n) is 5.64. The molecule has 2 aromatic heterocycles. The smallest absolute Gasteiger partial charge is 0.255 e. The predicted octanol–water partition coefficient (Wildman–Crippen LogP) is 4.78. The Morgan fingerprint density at radius 3 is 2.59 bits per heavy atom. The first-order chi connectivity index (χ1) is 13.0. The summed E-state index contributed by atoms with van der Waals surface area (Å²) in [4.78, 5) is 24.8. The molecule has 0 saturated heterocycles.